The second kappa shape index (κ2) is 8.64. The van der Waals surface area contributed by atoms with E-state index in [1.54, 1.807) is 48.5 Å². The highest BCUT2D eigenvalue weighted by molar-refractivity contribution is 6.50. The standard InChI is InChI=1S/C28H29N3O5/c1-5-12-30-21-9-7-6-8-20(21)28(27(30)35)23(25(33)26(34)31(28)14-13-29(3)4)24(32)18-10-11-22-19(16-18)15-17(2)36-22/h5-11,16-17,32H,1,12-15H2,2-4H3. The summed E-state index contributed by atoms with van der Waals surface area (Å²) in [5.41, 5.74) is 0.368. The van der Waals surface area contributed by atoms with Crippen LogP contribution in [-0.4, -0.2) is 72.3 Å². The number of fused-ring (bicyclic) bond motifs is 3. The number of amides is 2. The third kappa shape index (κ3) is 3.28. The first-order valence-corrected chi connectivity index (χ1v) is 12.0. The van der Waals surface area contributed by atoms with Gasteiger partial charge in [-0.1, -0.05) is 24.3 Å². The maximum atomic E-state index is 14.3. The van der Waals surface area contributed by atoms with Crippen LogP contribution in [0.4, 0.5) is 5.69 Å². The van der Waals surface area contributed by atoms with E-state index in [2.05, 4.69) is 6.58 Å². The van der Waals surface area contributed by atoms with Gasteiger partial charge in [0.15, 0.2) is 5.54 Å². The number of ketones is 1. The molecule has 0 aromatic heterocycles. The van der Waals surface area contributed by atoms with Gasteiger partial charge in [-0.15, -0.1) is 6.58 Å². The summed E-state index contributed by atoms with van der Waals surface area (Å²) in [5.74, 6) is -1.78. The lowest BCUT2D eigenvalue weighted by molar-refractivity contribution is -0.143. The van der Waals surface area contributed by atoms with Crippen LogP contribution in [0.1, 0.15) is 23.6 Å². The van der Waals surface area contributed by atoms with E-state index in [1.165, 1.54) is 9.80 Å². The topological polar surface area (TPSA) is 90.4 Å². The molecule has 3 aliphatic rings. The second-order valence-corrected chi connectivity index (χ2v) is 9.70. The fraction of sp³-hybridized carbons (Fsp3) is 0.321. The number of ether oxygens (including phenoxy) is 1. The molecular weight excluding hydrogens is 458 g/mol. The maximum absolute atomic E-state index is 14.3. The average Bonchev–Trinajstić information content (AvgIpc) is 3.42. The molecule has 2 amide bonds. The van der Waals surface area contributed by atoms with E-state index in [9.17, 15) is 19.5 Å². The lowest BCUT2D eigenvalue weighted by atomic mass is 9.81. The van der Waals surface area contributed by atoms with Crippen LogP contribution < -0.4 is 9.64 Å². The van der Waals surface area contributed by atoms with Gasteiger partial charge in [0.1, 0.15) is 17.6 Å². The van der Waals surface area contributed by atoms with Crippen molar-refractivity contribution in [3.63, 3.8) is 0 Å². The SMILES string of the molecule is C=CCN1C(=O)C2(C(=C(O)c3ccc4c(c3)CC(C)O4)C(=O)C(=O)N2CCN(C)C)c2ccccc21. The highest BCUT2D eigenvalue weighted by atomic mass is 16.5. The molecular formula is C28H29N3O5. The van der Waals surface area contributed by atoms with E-state index < -0.39 is 23.1 Å². The Morgan fingerprint density at radius 3 is 2.69 bits per heavy atom. The molecule has 2 unspecified atom stereocenters. The van der Waals surface area contributed by atoms with Crippen molar-refractivity contribution in [2.45, 2.75) is 25.0 Å². The van der Waals surface area contributed by atoms with Crippen LogP contribution in [0.15, 0.2) is 60.7 Å². The van der Waals surface area contributed by atoms with E-state index in [1.807, 2.05) is 25.9 Å². The molecule has 2 aromatic carbocycles. The highest BCUT2D eigenvalue weighted by Crippen LogP contribution is 2.53. The van der Waals surface area contributed by atoms with Gasteiger partial charge in [0, 0.05) is 37.2 Å². The minimum absolute atomic E-state index is 0.00310. The molecule has 8 heteroatoms. The van der Waals surface area contributed by atoms with Crippen LogP contribution in [-0.2, 0) is 26.3 Å². The Morgan fingerprint density at radius 1 is 1.22 bits per heavy atom. The Kier molecular flexibility index (Phi) is 5.71. The number of Topliss-reactive ketones (excluding diaryl/α,β-unsaturated/α-hetero) is 1. The van der Waals surface area contributed by atoms with Gasteiger partial charge >= 0.3 is 0 Å². The molecule has 1 spiro atoms. The number of nitrogens with zero attached hydrogens (tertiary/aromatic N) is 3. The summed E-state index contributed by atoms with van der Waals surface area (Å²) in [4.78, 5) is 46.0. The fourth-order valence-corrected chi connectivity index (χ4v) is 5.49. The zero-order valence-electron chi connectivity index (χ0n) is 20.7. The van der Waals surface area contributed by atoms with Crippen molar-refractivity contribution in [3.8, 4) is 5.75 Å². The van der Waals surface area contributed by atoms with Crippen molar-refractivity contribution in [1.29, 1.82) is 0 Å². The van der Waals surface area contributed by atoms with Gasteiger partial charge in [-0.05, 0) is 50.8 Å². The minimum atomic E-state index is -1.77. The number of anilines is 1. The summed E-state index contributed by atoms with van der Waals surface area (Å²) < 4.78 is 5.77. The Morgan fingerprint density at radius 2 is 1.97 bits per heavy atom. The third-order valence-electron chi connectivity index (χ3n) is 7.06. The zero-order chi connectivity index (χ0) is 25.8. The minimum Gasteiger partial charge on any atom is -0.507 e. The molecule has 5 rings (SSSR count). The first kappa shape index (κ1) is 23.8. The quantitative estimate of drug-likeness (QED) is 0.292. The molecule has 0 radical (unpaired) electrons. The Labute approximate surface area is 210 Å². The number of para-hydroxylation sites is 1. The van der Waals surface area contributed by atoms with Crippen LogP contribution in [0.5, 0.6) is 5.75 Å². The molecule has 186 valence electrons. The van der Waals surface area contributed by atoms with Gasteiger partial charge in [-0.2, -0.15) is 0 Å². The monoisotopic (exact) mass is 487 g/mol. The Bertz CT molecular complexity index is 1330. The van der Waals surface area contributed by atoms with Gasteiger partial charge in [-0.3, -0.25) is 14.4 Å². The van der Waals surface area contributed by atoms with Crippen molar-refractivity contribution >= 4 is 29.0 Å². The molecule has 3 heterocycles. The first-order valence-electron chi connectivity index (χ1n) is 12.0. The summed E-state index contributed by atoms with van der Waals surface area (Å²) in [7, 11) is 3.70. The normalized spacial score (nSPS) is 24.0. The van der Waals surface area contributed by atoms with Crippen LogP contribution in [0.2, 0.25) is 0 Å². The predicted octanol–water partition coefficient (Wildman–Crippen LogP) is 2.68. The number of carbonyl (C=O) groups excluding carboxylic acids is 3. The van der Waals surface area contributed by atoms with Gasteiger partial charge in [0.05, 0.1) is 11.3 Å². The van der Waals surface area contributed by atoms with Crippen molar-refractivity contribution in [3.05, 3.63) is 77.4 Å². The number of likely N-dealkylation sites (tertiary alicyclic amines) is 1. The molecule has 1 fully saturated rings. The molecule has 8 nitrogen and oxygen atoms in total. The number of hydrogen-bond acceptors (Lipinski definition) is 6. The van der Waals surface area contributed by atoms with Gasteiger partial charge in [0.2, 0.25) is 0 Å². The average molecular weight is 488 g/mol. The summed E-state index contributed by atoms with van der Waals surface area (Å²) in [6.07, 6.45) is 2.26. The molecule has 36 heavy (non-hydrogen) atoms. The molecule has 1 N–H and O–H groups in total. The summed E-state index contributed by atoms with van der Waals surface area (Å²) in [6.45, 7) is 6.49. The van der Waals surface area contributed by atoms with Crippen LogP contribution in [0, 0.1) is 0 Å². The summed E-state index contributed by atoms with van der Waals surface area (Å²) in [6, 6.07) is 12.3. The van der Waals surface area contributed by atoms with Crippen molar-refractivity contribution in [2.75, 3.05) is 38.6 Å². The zero-order valence-corrected chi connectivity index (χ0v) is 20.7. The number of benzene rings is 2. The Balaban J connectivity index is 1.77. The number of likely N-dealkylation sites (N-methyl/N-ethyl adjacent to an activating group) is 1. The van der Waals surface area contributed by atoms with Crippen LogP contribution in [0.3, 0.4) is 0 Å². The molecule has 2 atom stereocenters. The van der Waals surface area contributed by atoms with Crippen molar-refractivity contribution in [1.82, 2.24) is 9.80 Å². The van der Waals surface area contributed by atoms with E-state index in [0.717, 1.165) is 11.3 Å². The fourth-order valence-electron chi connectivity index (χ4n) is 5.49. The first-order chi connectivity index (χ1) is 17.2. The second-order valence-electron chi connectivity index (χ2n) is 9.70. The molecule has 0 bridgehead atoms. The van der Waals surface area contributed by atoms with E-state index in [4.69, 9.17) is 4.74 Å². The lowest BCUT2D eigenvalue weighted by Crippen LogP contribution is -2.53. The molecule has 1 saturated heterocycles. The number of aliphatic hydroxyl groups is 1. The smallest absolute Gasteiger partial charge is 0.296 e. The van der Waals surface area contributed by atoms with Crippen LogP contribution in [0.25, 0.3) is 5.76 Å². The van der Waals surface area contributed by atoms with Gasteiger partial charge < -0.3 is 24.5 Å². The third-order valence-corrected chi connectivity index (χ3v) is 7.06. The summed E-state index contributed by atoms with van der Waals surface area (Å²) in [5, 5.41) is 11.6. The number of rotatable bonds is 6. The van der Waals surface area contributed by atoms with Crippen molar-refractivity contribution < 1.29 is 24.2 Å². The highest BCUT2D eigenvalue weighted by Gasteiger charge is 2.66. The molecule has 0 aliphatic carbocycles. The largest absolute Gasteiger partial charge is 0.507 e. The number of hydrogen-bond donors (Lipinski definition) is 1. The van der Waals surface area contributed by atoms with Gasteiger partial charge in [-0.25, -0.2) is 0 Å². The molecule has 0 saturated carbocycles. The van der Waals surface area contributed by atoms with E-state index in [0.29, 0.717) is 29.8 Å². The van der Waals surface area contributed by atoms with Gasteiger partial charge in [0.25, 0.3) is 17.6 Å². The van der Waals surface area contributed by atoms with Crippen molar-refractivity contribution in [2.24, 2.45) is 0 Å². The predicted molar refractivity (Wildman–Crippen MR) is 136 cm³/mol. The number of carbonyl (C=O) groups is 3. The Hall–Kier alpha value is -3.91. The maximum Gasteiger partial charge on any atom is 0.296 e. The molecule has 3 aliphatic heterocycles. The van der Waals surface area contributed by atoms with E-state index >= 15 is 0 Å². The molecule has 2 aromatic rings. The summed E-state index contributed by atoms with van der Waals surface area (Å²) >= 11 is 0. The van der Waals surface area contributed by atoms with E-state index in [-0.39, 0.29) is 30.5 Å². The van der Waals surface area contributed by atoms with Crippen LogP contribution >= 0.6 is 0 Å². The number of aliphatic hydroxyl groups excluding tert-OH is 1. The lowest BCUT2D eigenvalue weighted by Gasteiger charge is -2.35.